The third-order valence-electron chi connectivity index (χ3n) is 2.64. The second kappa shape index (κ2) is 4.63. The average Bonchev–Trinajstić information content (AvgIpc) is 2.29. The third-order valence-corrected chi connectivity index (χ3v) is 2.92. The van der Waals surface area contributed by atoms with Gasteiger partial charge in [0.05, 0.1) is 16.9 Å². The molecule has 2 aromatic rings. The summed E-state index contributed by atoms with van der Waals surface area (Å²) in [4.78, 5) is 6.22. The molecule has 0 atom stereocenters. The maximum atomic E-state index is 6.14. The maximum absolute atomic E-state index is 6.14. The highest BCUT2D eigenvalue weighted by molar-refractivity contribution is 6.33. The van der Waals surface area contributed by atoms with Gasteiger partial charge in [0.15, 0.2) is 5.82 Å². The lowest BCUT2D eigenvalue weighted by atomic mass is 10.2. The van der Waals surface area contributed by atoms with Crippen molar-refractivity contribution >= 4 is 28.8 Å². The fourth-order valence-corrected chi connectivity index (χ4v) is 2.05. The van der Waals surface area contributed by atoms with Crippen LogP contribution in [0.2, 0.25) is 5.02 Å². The van der Waals surface area contributed by atoms with Crippen molar-refractivity contribution in [1.82, 2.24) is 4.98 Å². The molecule has 1 heterocycles. The van der Waals surface area contributed by atoms with Crippen molar-refractivity contribution in [2.75, 3.05) is 17.7 Å². The molecule has 0 saturated carbocycles. The summed E-state index contributed by atoms with van der Waals surface area (Å²) in [5.41, 5.74) is 8.44. The fourth-order valence-electron chi connectivity index (χ4n) is 1.75. The minimum atomic E-state index is 0.552. The molecule has 2 N–H and O–H groups in total. The molecule has 0 aliphatic carbocycles. The highest BCUT2D eigenvalue weighted by Crippen LogP contribution is 2.31. The van der Waals surface area contributed by atoms with Crippen molar-refractivity contribution in [3.8, 4) is 0 Å². The first-order chi connectivity index (χ1) is 8.09. The lowest BCUT2D eigenvalue weighted by Crippen LogP contribution is -2.13. The number of hydrogen-bond acceptors (Lipinski definition) is 3. The summed E-state index contributed by atoms with van der Waals surface area (Å²) >= 11 is 6.14. The van der Waals surface area contributed by atoms with Gasteiger partial charge in [0.25, 0.3) is 0 Å². The van der Waals surface area contributed by atoms with E-state index in [1.807, 2.05) is 30.1 Å². The van der Waals surface area contributed by atoms with Gasteiger partial charge in [0.1, 0.15) is 0 Å². The van der Waals surface area contributed by atoms with E-state index in [4.69, 9.17) is 17.3 Å². The zero-order valence-electron chi connectivity index (χ0n) is 9.81. The van der Waals surface area contributed by atoms with Gasteiger partial charge in [-0.3, -0.25) is 0 Å². The Bertz CT molecular complexity index is 540. The minimum Gasteiger partial charge on any atom is -0.397 e. The first-order valence-electron chi connectivity index (χ1n) is 5.30. The van der Waals surface area contributed by atoms with Crippen LogP contribution in [-0.4, -0.2) is 12.0 Å². The second-order valence-corrected chi connectivity index (χ2v) is 4.33. The number of aryl methyl sites for hydroxylation is 1. The molecule has 1 aromatic carbocycles. The molecule has 88 valence electrons. The molecule has 0 spiro atoms. The predicted octanol–water partition coefficient (Wildman–Crippen LogP) is 3.39. The monoisotopic (exact) mass is 247 g/mol. The van der Waals surface area contributed by atoms with Crippen LogP contribution in [0.5, 0.6) is 0 Å². The van der Waals surface area contributed by atoms with E-state index >= 15 is 0 Å². The van der Waals surface area contributed by atoms with Crippen molar-refractivity contribution < 1.29 is 0 Å². The number of pyridine rings is 1. The summed E-state index contributed by atoms with van der Waals surface area (Å²) < 4.78 is 0. The van der Waals surface area contributed by atoms with Crippen LogP contribution in [0.3, 0.4) is 0 Å². The van der Waals surface area contributed by atoms with E-state index in [0.717, 1.165) is 5.69 Å². The van der Waals surface area contributed by atoms with E-state index in [2.05, 4.69) is 18.0 Å². The van der Waals surface area contributed by atoms with E-state index < -0.39 is 0 Å². The Balaban J connectivity index is 2.44. The van der Waals surface area contributed by atoms with Crippen molar-refractivity contribution in [1.29, 1.82) is 0 Å². The van der Waals surface area contributed by atoms with Gasteiger partial charge in [-0.05, 0) is 24.6 Å². The predicted molar refractivity (Wildman–Crippen MR) is 72.9 cm³/mol. The molecular weight excluding hydrogens is 234 g/mol. The van der Waals surface area contributed by atoms with Crippen LogP contribution in [0.25, 0.3) is 0 Å². The molecule has 0 aliphatic rings. The molecule has 0 saturated heterocycles. The number of benzene rings is 1. The average molecular weight is 248 g/mol. The molecule has 4 heteroatoms. The molecule has 0 amide bonds. The maximum Gasteiger partial charge on any atom is 0.151 e. The molecule has 17 heavy (non-hydrogen) atoms. The molecule has 0 unspecified atom stereocenters. The van der Waals surface area contributed by atoms with E-state index in [1.54, 1.807) is 12.3 Å². The highest BCUT2D eigenvalue weighted by Gasteiger charge is 2.11. The third kappa shape index (κ3) is 2.34. The lowest BCUT2D eigenvalue weighted by molar-refractivity contribution is 1.12. The number of nitrogens with two attached hydrogens (primary N) is 1. The minimum absolute atomic E-state index is 0.552. The summed E-state index contributed by atoms with van der Waals surface area (Å²) in [6.45, 7) is 2.05. The zero-order chi connectivity index (χ0) is 12.4. The normalized spacial score (nSPS) is 10.3. The Labute approximate surface area is 106 Å². The number of anilines is 3. The van der Waals surface area contributed by atoms with E-state index in [-0.39, 0.29) is 0 Å². The van der Waals surface area contributed by atoms with Crippen LogP contribution < -0.4 is 10.6 Å². The zero-order valence-corrected chi connectivity index (χ0v) is 10.6. The molecule has 0 bridgehead atoms. The Morgan fingerprint density at radius 3 is 2.65 bits per heavy atom. The number of para-hydroxylation sites is 1. The lowest BCUT2D eigenvalue weighted by Gasteiger charge is -2.21. The SMILES string of the molecule is Cc1ccccc1N(C)c1ncc(N)cc1Cl. The summed E-state index contributed by atoms with van der Waals surface area (Å²) in [7, 11) is 1.94. The van der Waals surface area contributed by atoms with Gasteiger partial charge in [-0.1, -0.05) is 29.8 Å². The standard InChI is InChI=1S/C13H14ClN3/c1-9-5-3-4-6-12(9)17(2)13-11(14)7-10(15)8-16-13/h3-8H,15H2,1-2H3. The Hall–Kier alpha value is -1.74. The van der Waals surface area contributed by atoms with E-state index in [0.29, 0.717) is 16.5 Å². The van der Waals surface area contributed by atoms with Crippen molar-refractivity contribution in [3.05, 3.63) is 47.1 Å². The first-order valence-corrected chi connectivity index (χ1v) is 5.68. The van der Waals surface area contributed by atoms with Crippen LogP contribution in [0, 0.1) is 6.92 Å². The highest BCUT2D eigenvalue weighted by atomic mass is 35.5. The Kier molecular flexibility index (Phi) is 3.20. The number of halogens is 1. The van der Waals surface area contributed by atoms with Gasteiger partial charge < -0.3 is 10.6 Å². The van der Waals surface area contributed by atoms with Gasteiger partial charge in [0.2, 0.25) is 0 Å². The van der Waals surface area contributed by atoms with Crippen molar-refractivity contribution in [3.63, 3.8) is 0 Å². The first kappa shape index (κ1) is 11.7. The van der Waals surface area contributed by atoms with Crippen LogP contribution in [0.1, 0.15) is 5.56 Å². The van der Waals surface area contributed by atoms with Gasteiger partial charge in [-0.2, -0.15) is 0 Å². The van der Waals surface area contributed by atoms with Crippen LogP contribution in [0.4, 0.5) is 17.2 Å². The van der Waals surface area contributed by atoms with Gasteiger partial charge in [0, 0.05) is 12.7 Å². The number of hydrogen-bond donors (Lipinski definition) is 1. The summed E-state index contributed by atoms with van der Waals surface area (Å²) in [5.74, 6) is 0.704. The summed E-state index contributed by atoms with van der Waals surface area (Å²) in [6.07, 6.45) is 1.61. The quantitative estimate of drug-likeness (QED) is 0.885. The smallest absolute Gasteiger partial charge is 0.151 e. The van der Waals surface area contributed by atoms with Gasteiger partial charge in [-0.15, -0.1) is 0 Å². The Morgan fingerprint density at radius 2 is 2.00 bits per heavy atom. The number of aromatic nitrogens is 1. The number of nitrogens with zero attached hydrogens (tertiary/aromatic N) is 2. The number of nitrogen functional groups attached to an aromatic ring is 1. The topological polar surface area (TPSA) is 42.2 Å². The summed E-state index contributed by atoms with van der Waals surface area (Å²) in [6, 6.07) is 9.79. The molecular formula is C13H14ClN3. The number of rotatable bonds is 2. The molecule has 1 aromatic heterocycles. The van der Waals surface area contributed by atoms with Crippen LogP contribution in [-0.2, 0) is 0 Å². The fraction of sp³-hybridized carbons (Fsp3) is 0.154. The molecule has 0 radical (unpaired) electrons. The van der Waals surface area contributed by atoms with Gasteiger partial charge >= 0.3 is 0 Å². The van der Waals surface area contributed by atoms with Crippen LogP contribution in [0.15, 0.2) is 36.5 Å². The Morgan fingerprint density at radius 1 is 1.29 bits per heavy atom. The van der Waals surface area contributed by atoms with Crippen LogP contribution >= 0.6 is 11.6 Å². The molecule has 0 aliphatic heterocycles. The van der Waals surface area contributed by atoms with E-state index in [9.17, 15) is 0 Å². The summed E-state index contributed by atoms with van der Waals surface area (Å²) in [5, 5.41) is 0.552. The molecule has 0 fully saturated rings. The van der Waals surface area contributed by atoms with Crippen molar-refractivity contribution in [2.45, 2.75) is 6.92 Å². The van der Waals surface area contributed by atoms with E-state index in [1.165, 1.54) is 5.56 Å². The molecule has 3 nitrogen and oxygen atoms in total. The van der Waals surface area contributed by atoms with Gasteiger partial charge in [-0.25, -0.2) is 4.98 Å². The largest absolute Gasteiger partial charge is 0.397 e. The molecule has 2 rings (SSSR count). The second-order valence-electron chi connectivity index (χ2n) is 3.92. The van der Waals surface area contributed by atoms with Crippen molar-refractivity contribution in [2.24, 2.45) is 0 Å².